The van der Waals surface area contributed by atoms with E-state index in [0.29, 0.717) is 5.92 Å². The third kappa shape index (κ3) is 9.74. The van der Waals surface area contributed by atoms with Gasteiger partial charge in [0.15, 0.2) is 0 Å². The molecule has 3 nitrogen and oxygen atoms in total. The fraction of sp³-hybridized carbons (Fsp3) is 0.923. The van der Waals surface area contributed by atoms with Gasteiger partial charge in [0, 0.05) is 0 Å². The fourth-order valence-electron chi connectivity index (χ4n) is 1.54. The van der Waals surface area contributed by atoms with Crippen LogP contribution in [0.1, 0.15) is 34.6 Å². The van der Waals surface area contributed by atoms with Crippen LogP contribution in [0, 0.1) is 5.92 Å². The normalized spacial score (nSPS) is 12.8. The molecule has 0 rings (SSSR count). The molecule has 0 aromatic rings. The second-order valence-corrected chi connectivity index (χ2v) is 22.8. The molecule has 0 aromatic carbocycles. The molecule has 0 heterocycles. The Morgan fingerprint density at radius 1 is 1.24 bits per heavy atom. The molecular weight excluding hydrogens is 321 g/mol. The molecule has 0 spiro atoms. The summed E-state index contributed by atoms with van der Waals surface area (Å²) in [7, 11) is 0. The number of carbonyl (C=O) groups is 1. The zero-order chi connectivity index (χ0) is 13.9. The van der Waals surface area contributed by atoms with Crippen molar-refractivity contribution < 1.29 is 9.53 Å². The zero-order valence-corrected chi connectivity index (χ0v) is 15.6. The van der Waals surface area contributed by atoms with Crippen LogP contribution >= 0.6 is 0 Å². The molecule has 17 heavy (non-hydrogen) atoms. The van der Waals surface area contributed by atoms with E-state index < -0.39 is 24.0 Å². The first-order chi connectivity index (χ1) is 7.41. The zero-order valence-electron chi connectivity index (χ0n) is 12.8. The van der Waals surface area contributed by atoms with Crippen LogP contribution in [0.4, 0.5) is 4.79 Å². The molecule has 0 aliphatic carbocycles. The van der Waals surface area contributed by atoms with Gasteiger partial charge in [0.25, 0.3) is 0 Å². The number of carbonyl (C=O) groups excluding carboxylic acids is 1. The van der Waals surface area contributed by atoms with Crippen LogP contribution in [-0.4, -0.2) is 46.1 Å². The number of amides is 1. The van der Waals surface area contributed by atoms with E-state index in [9.17, 15) is 4.79 Å². The predicted octanol–water partition coefficient (Wildman–Crippen LogP) is 3.76. The molecule has 0 bridgehead atoms. The molecule has 0 saturated heterocycles. The number of hydrogen-bond donors (Lipinski definition) is 0. The Hall–Kier alpha value is 0.0687. The van der Waals surface area contributed by atoms with E-state index in [2.05, 4.69) is 28.7 Å². The Labute approximate surface area is 111 Å². The summed E-state index contributed by atoms with van der Waals surface area (Å²) in [5.74, 6) is 0.483. The fourth-order valence-corrected chi connectivity index (χ4v) is 5.55. The van der Waals surface area contributed by atoms with Crippen molar-refractivity contribution in [2.45, 2.75) is 55.0 Å². The quantitative estimate of drug-likeness (QED) is 0.723. The van der Waals surface area contributed by atoms with Gasteiger partial charge < -0.3 is 0 Å². The van der Waals surface area contributed by atoms with E-state index in [0.717, 1.165) is 11.1 Å². The number of rotatable bonds is 4. The van der Waals surface area contributed by atoms with Crippen molar-refractivity contribution >= 4 is 24.5 Å². The van der Waals surface area contributed by atoms with E-state index in [1.807, 2.05) is 25.7 Å². The first-order valence-electron chi connectivity index (χ1n) is 6.38. The third-order valence-corrected chi connectivity index (χ3v) is 5.70. The van der Waals surface area contributed by atoms with Gasteiger partial charge in [0.1, 0.15) is 0 Å². The van der Waals surface area contributed by atoms with E-state index in [1.54, 1.807) is 0 Å². The molecular formula is C13H29NO2Sn. The minimum absolute atomic E-state index is 0.155. The van der Waals surface area contributed by atoms with Crippen LogP contribution in [0.3, 0.4) is 0 Å². The van der Waals surface area contributed by atoms with Crippen LogP contribution < -0.4 is 0 Å². The summed E-state index contributed by atoms with van der Waals surface area (Å²) in [6.45, 7) is 10.8. The average molecular weight is 350 g/mol. The molecule has 0 unspecified atom stereocenters. The van der Waals surface area contributed by atoms with Gasteiger partial charge in [-0.05, 0) is 0 Å². The maximum absolute atomic E-state index is 12.1. The summed E-state index contributed by atoms with van der Waals surface area (Å²) >= 11 is -2.01. The number of hydrogen-bond acceptors (Lipinski definition) is 2. The van der Waals surface area contributed by atoms with Crippen molar-refractivity contribution in [3.8, 4) is 0 Å². The van der Waals surface area contributed by atoms with Crippen LogP contribution in [0.15, 0.2) is 0 Å². The molecule has 1 amide bonds. The van der Waals surface area contributed by atoms with E-state index >= 15 is 0 Å². The standard InChI is InChI=1S/C10H20NO2.3CH3.Sn/c1-8(2)7-11(6)9(12)13-10(3,4)5;;;;/h8H,6-7H2,1-5H3;3*1H3;. The van der Waals surface area contributed by atoms with Crippen molar-refractivity contribution in [1.82, 2.24) is 4.90 Å². The number of nitrogens with zero attached hydrogens (tertiary/aromatic N) is 1. The monoisotopic (exact) mass is 351 g/mol. The Kier molecular flexibility index (Phi) is 6.32. The third-order valence-electron chi connectivity index (χ3n) is 1.90. The van der Waals surface area contributed by atoms with E-state index in [-0.39, 0.29) is 6.09 Å². The second kappa shape index (κ2) is 6.30. The van der Waals surface area contributed by atoms with Gasteiger partial charge in [0.2, 0.25) is 0 Å². The second-order valence-electron chi connectivity index (χ2n) is 7.32. The molecule has 0 aromatic heterocycles. The summed E-state index contributed by atoms with van der Waals surface area (Å²) in [6.07, 6.45) is -0.155. The summed E-state index contributed by atoms with van der Waals surface area (Å²) in [4.78, 5) is 21.0. The molecule has 0 aliphatic heterocycles. The van der Waals surface area contributed by atoms with Gasteiger partial charge in [-0.25, -0.2) is 0 Å². The summed E-state index contributed by atoms with van der Waals surface area (Å²) in [5, 5.41) is 0. The van der Waals surface area contributed by atoms with Crippen molar-refractivity contribution in [3.05, 3.63) is 0 Å². The Balaban J connectivity index is 4.63. The Bertz CT molecular complexity index is 251. The predicted molar refractivity (Wildman–Crippen MR) is 76.0 cm³/mol. The van der Waals surface area contributed by atoms with Crippen molar-refractivity contribution in [1.29, 1.82) is 0 Å². The van der Waals surface area contributed by atoms with Gasteiger partial charge in [-0.1, -0.05) is 0 Å². The van der Waals surface area contributed by atoms with Crippen LogP contribution in [0.2, 0.25) is 14.8 Å². The molecule has 0 radical (unpaired) electrons. The minimum atomic E-state index is -2.01. The van der Waals surface area contributed by atoms with Crippen LogP contribution in [0.25, 0.3) is 0 Å². The average Bonchev–Trinajstić information content (AvgIpc) is 1.95. The SMILES string of the molecule is CC(C)CN([CH2][Sn]([CH3])([CH3])[CH3])C(=O)OC(C)(C)C. The molecule has 0 saturated carbocycles. The Morgan fingerprint density at radius 3 is 2.00 bits per heavy atom. The van der Waals surface area contributed by atoms with Crippen LogP contribution in [0.5, 0.6) is 0 Å². The maximum atomic E-state index is 12.1. The molecule has 0 N–H and O–H groups in total. The molecule has 0 fully saturated rings. The number of ether oxygens (including phenoxy) is 1. The van der Waals surface area contributed by atoms with Crippen molar-refractivity contribution in [2.75, 3.05) is 11.1 Å². The molecule has 0 aliphatic rings. The first-order valence-corrected chi connectivity index (χ1v) is 17.0. The molecule has 0 atom stereocenters. The van der Waals surface area contributed by atoms with Crippen LogP contribution in [-0.2, 0) is 4.74 Å². The van der Waals surface area contributed by atoms with Crippen molar-refractivity contribution in [3.63, 3.8) is 0 Å². The summed E-state index contributed by atoms with van der Waals surface area (Å²) < 4.78 is 6.40. The van der Waals surface area contributed by atoms with Gasteiger partial charge in [-0.15, -0.1) is 0 Å². The first kappa shape index (κ1) is 17.1. The topological polar surface area (TPSA) is 29.5 Å². The van der Waals surface area contributed by atoms with Gasteiger partial charge >= 0.3 is 111 Å². The van der Waals surface area contributed by atoms with Gasteiger partial charge in [-0.3, -0.25) is 0 Å². The van der Waals surface area contributed by atoms with Crippen molar-refractivity contribution in [2.24, 2.45) is 5.92 Å². The summed E-state index contributed by atoms with van der Waals surface area (Å²) in [5.41, 5.74) is -0.403. The Morgan fingerprint density at radius 2 is 1.71 bits per heavy atom. The van der Waals surface area contributed by atoms with E-state index in [4.69, 9.17) is 4.74 Å². The summed E-state index contributed by atoms with van der Waals surface area (Å²) in [6, 6.07) is 0. The van der Waals surface area contributed by atoms with Gasteiger partial charge in [-0.2, -0.15) is 0 Å². The van der Waals surface area contributed by atoms with E-state index in [1.165, 1.54) is 0 Å². The molecule has 102 valence electrons. The molecule has 4 heteroatoms. The van der Waals surface area contributed by atoms with Gasteiger partial charge in [0.05, 0.1) is 0 Å².